The quantitative estimate of drug-likeness (QED) is 0.572. The molecule has 1 rings (SSSR count). The van der Waals surface area contributed by atoms with Gasteiger partial charge in [-0.25, -0.2) is 4.57 Å². The van der Waals surface area contributed by atoms with Crippen LogP contribution in [0.3, 0.4) is 0 Å². The molecule has 0 N–H and O–H groups in total. The molecule has 0 aliphatic heterocycles. The summed E-state index contributed by atoms with van der Waals surface area (Å²) < 4.78 is 2.30. The Hall–Kier alpha value is -0.920. The predicted octanol–water partition coefficient (Wildman–Crippen LogP) is -0.269. The van der Waals surface area contributed by atoms with Crippen molar-refractivity contribution in [3.8, 4) is 0 Å². The van der Waals surface area contributed by atoms with Crippen LogP contribution in [0.25, 0.3) is 0 Å². The number of rotatable bonds is 5. The van der Waals surface area contributed by atoms with E-state index in [4.69, 9.17) is 0 Å². The third-order valence-electron chi connectivity index (χ3n) is 2.23. The summed E-state index contributed by atoms with van der Waals surface area (Å²) in [5, 5.41) is 0. The van der Waals surface area contributed by atoms with Crippen molar-refractivity contribution in [2.24, 2.45) is 0 Å². The third kappa shape index (κ3) is 4.35. The van der Waals surface area contributed by atoms with Gasteiger partial charge in [0.15, 0.2) is 12.4 Å². The van der Waals surface area contributed by atoms with Crippen molar-refractivity contribution >= 4 is 0 Å². The van der Waals surface area contributed by atoms with Gasteiger partial charge in [-0.3, -0.25) is 0 Å². The number of aromatic nitrogens is 1. The maximum absolute atomic E-state index is 2.30. The first-order chi connectivity index (χ1) is 6.36. The molecule has 0 spiro atoms. The van der Waals surface area contributed by atoms with Gasteiger partial charge in [0.1, 0.15) is 6.54 Å². The van der Waals surface area contributed by atoms with E-state index in [0.29, 0.717) is 0 Å². The van der Waals surface area contributed by atoms with Crippen molar-refractivity contribution in [3.63, 3.8) is 0 Å². The van der Waals surface area contributed by atoms with Crippen LogP contribution < -0.4 is 9.27 Å². The maximum atomic E-state index is 2.30. The maximum Gasteiger partial charge on any atom is 0.171 e. The number of pyridine rings is 1. The summed E-state index contributed by atoms with van der Waals surface area (Å²) in [6.45, 7) is 5.62. The van der Waals surface area contributed by atoms with Crippen molar-refractivity contribution in [1.29, 1.82) is 0 Å². The first-order valence-electron chi connectivity index (χ1n) is 5.34. The third-order valence-corrected chi connectivity index (χ3v) is 2.23. The van der Waals surface area contributed by atoms with Gasteiger partial charge in [-0.1, -0.05) is 26.7 Å². The molecule has 1 aromatic heterocycles. The molecule has 0 bridgehead atoms. The van der Waals surface area contributed by atoms with Gasteiger partial charge in [-0.2, -0.15) is 0 Å². The van der Waals surface area contributed by atoms with Crippen molar-refractivity contribution in [1.82, 2.24) is 0 Å². The zero-order chi connectivity index (χ0) is 9.52. The smallest absolute Gasteiger partial charge is 0.171 e. The second-order valence-corrected chi connectivity index (χ2v) is 3.55. The largest absolute Gasteiger partial charge is 1.00 e. The van der Waals surface area contributed by atoms with Gasteiger partial charge in [0.2, 0.25) is 0 Å². The second-order valence-electron chi connectivity index (χ2n) is 3.55. The lowest BCUT2D eigenvalue weighted by atomic mass is 10.2. The summed E-state index contributed by atoms with van der Waals surface area (Å²) in [5.41, 5.74) is 1.46. The second kappa shape index (κ2) is 7.48. The number of aryl methyl sites for hydroxylation is 2. The fourth-order valence-corrected chi connectivity index (χ4v) is 1.49. The Morgan fingerprint density at radius 2 is 2.00 bits per heavy atom. The Morgan fingerprint density at radius 1 is 1.21 bits per heavy atom. The van der Waals surface area contributed by atoms with E-state index >= 15 is 0 Å². The first-order valence-corrected chi connectivity index (χ1v) is 5.34. The van der Waals surface area contributed by atoms with Crippen molar-refractivity contribution in [2.75, 3.05) is 0 Å². The van der Waals surface area contributed by atoms with E-state index in [0.717, 1.165) is 6.54 Å². The molecule has 0 atom stereocenters. The minimum Gasteiger partial charge on any atom is -1.00 e. The number of hydrogen-bond acceptors (Lipinski definition) is 0. The van der Waals surface area contributed by atoms with Gasteiger partial charge in [-0.15, -0.1) is 0 Å². The molecule has 0 amide bonds. The van der Waals surface area contributed by atoms with Crippen LogP contribution in [0.5, 0.6) is 0 Å². The van der Waals surface area contributed by atoms with Crippen LogP contribution in [-0.4, -0.2) is 0 Å². The predicted molar refractivity (Wildman–Crippen MR) is 55.5 cm³/mol. The number of unbranched alkanes of at least 4 members (excludes halogenated alkanes) is 1. The number of halogens is 1. The molecule has 0 saturated heterocycles. The fourth-order valence-electron chi connectivity index (χ4n) is 1.49. The first kappa shape index (κ1) is 13.1. The fraction of sp³-hybridized carbons (Fsp3) is 0.583. The Bertz CT molecular complexity index is 248. The molecule has 0 saturated carbocycles. The van der Waals surface area contributed by atoms with Crippen molar-refractivity contribution in [2.45, 2.75) is 46.1 Å². The molecular formula is C12H20FN. The normalized spacial score (nSPS) is 9.57. The lowest BCUT2D eigenvalue weighted by Gasteiger charge is -1.98. The monoisotopic (exact) mass is 197 g/mol. The van der Waals surface area contributed by atoms with E-state index in [9.17, 15) is 0 Å². The van der Waals surface area contributed by atoms with E-state index in [1.54, 1.807) is 0 Å². The molecule has 0 aliphatic rings. The molecule has 14 heavy (non-hydrogen) atoms. The lowest BCUT2D eigenvalue weighted by molar-refractivity contribution is -0.697. The van der Waals surface area contributed by atoms with Gasteiger partial charge in [-0.05, 0) is 12.5 Å². The summed E-state index contributed by atoms with van der Waals surface area (Å²) >= 11 is 0. The summed E-state index contributed by atoms with van der Waals surface area (Å²) in [7, 11) is 0. The van der Waals surface area contributed by atoms with Crippen LogP contribution in [0.4, 0.5) is 0 Å². The molecule has 1 aromatic rings. The highest BCUT2D eigenvalue weighted by Gasteiger charge is 2.00. The molecule has 80 valence electrons. The highest BCUT2D eigenvalue weighted by atomic mass is 19.0. The van der Waals surface area contributed by atoms with Gasteiger partial charge in [0.05, 0.1) is 0 Å². The lowest BCUT2D eigenvalue weighted by Crippen LogP contribution is -3.00. The summed E-state index contributed by atoms with van der Waals surface area (Å²) in [4.78, 5) is 0. The van der Waals surface area contributed by atoms with Crippen LogP contribution >= 0.6 is 0 Å². The molecule has 0 radical (unpaired) electrons. The van der Waals surface area contributed by atoms with E-state index in [1.807, 2.05) is 0 Å². The van der Waals surface area contributed by atoms with E-state index < -0.39 is 0 Å². The Morgan fingerprint density at radius 3 is 2.64 bits per heavy atom. The van der Waals surface area contributed by atoms with E-state index in [2.05, 4.69) is 42.9 Å². The number of hydrogen-bond donors (Lipinski definition) is 0. The average molecular weight is 197 g/mol. The Balaban J connectivity index is 0.00000169. The van der Waals surface area contributed by atoms with Crippen LogP contribution in [0.15, 0.2) is 24.5 Å². The van der Waals surface area contributed by atoms with E-state index in [-0.39, 0.29) is 4.70 Å². The molecule has 0 aromatic carbocycles. The van der Waals surface area contributed by atoms with Crippen LogP contribution in [0.2, 0.25) is 0 Å². The summed E-state index contributed by atoms with van der Waals surface area (Å²) in [6.07, 6.45) is 9.42. The zero-order valence-electron chi connectivity index (χ0n) is 9.17. The molecule has 1 heterocycles. The highest BCUT2D eigenvalue weighted by Crippen LogP contribution is 1.98. The molecule has 2 heteroatoms. The summed E-state index contributed by atoms with van der Waals surface area (Å²) in [5.74, 6) is 0. The topological polar surface area (TPSA) is 3.88 Å². The van der Waals surface area contributed by atoms with Gasteiger partial charge < -0.3 is 4.70 Å². The molecule has 0 aliphatic carbocycles. The SMILES string of the molecule is CCCC[n+]1cccc(CCC)c1.[F-]. The zero-order valence-corrected chi connectivity index (χ0v) is 9.17. The van der Waals surface area contributed by atoms with E-state index in [1.165, 1.54) is 31.2 Å². The van der Waals surface area contributed by atoms with Crippen LogP contribution in [0.1, 0.15) is 38.7 Å². The summed E-state index contributed by atoms with van der Waals surface area (Å²) in [6, 6.07) is 4.37. The van der Waals surface area contributed by atoms with Gasteiger partial charge >= 0.3 is 0 Å². The molecule has 1 nitrogen and oxygen atoms in total. The average Bonchev–Trinajstić information content (AvgIpc) is 2.16. The Labute approximate surface area is 86.1 Å². The molecule has 0 fully saturated rings. The number of nitrogens with zero attached hydrogens (tertiary/aromatic N) is 1. The molecular weight excluding hydrogens is 177 g/mol. The standard InChI is InChI=1S/C12H20N.FH/c1-3-5-9-13-10-6-8-12(11-13)7-4-2;/h6,8,10-11H,3-5,7,9H2,1-2H3;1H/q+1;/p-1. The van der Waals surface area contributed by atoms with Crippen molar-refractivity contribution < 1.29 is 9.27 Å². The van der Waals surface area contributed by atoms with Gasteiger partial charge in [0.25, 0.3) is 0 Å². The van der Waals surface area contributed by atoms with Crippen LogP contribution in [0, 0.1) is 0 Å². The van der Waals surface area contributed by atoms with Gasteiger partial charge in [0, 0.05) is 18.1 Å². The van der Waals surface area contributed by atoms with Crippen molar-refractivity contribution in [3.05, 3.63) is 30.1 Å². The van der Waals surface area contributed by atoms with Crippen LogP contribution in [-0.2, 0) is 13.0 Å². The minimum absolute atomic E-state index is 0. The molecule has 0 unspecified atom stereocenters. The highest BCUT2D eigenvalue weighted by molar-refractivity contribution is 5.04. The Kier molecular flexibility index (Phi) is 6.99. The minimum atomic E-state index is 0.